The van der Waals surface area contributed by atoms with Gasteiger partial charge in [-0.2, -0.15) is 0 Å². The van der Waals surface area contributed by atoms with Crippen molar-refractivity contribution in [2.45, 2.75) is 22.6 Å². The predicted octanol–water partition coefficient (Wildman–Crippen LogP) is 3.59. The molecule has 3 heteroatoms. The molecule has 0 saturated heterocycles. The Labute approximate surface area is 133 Å². The number of fused-ring (bicyclic) bond motifs is 1. The molecule has 0 saturated carbocycles. The average Bonchev–Trinajstić information content (AvgIpc) is 2.72. The van der Waals surface area contributed by atoms with Crippen LogP contribution in [0.3, 0.4) is 0 Å². The topological polar surface area (TPSA) is 17.1 Å². The first-order valence-electron chi connectivity index (χ1n) is 5.72. The minimum atomic E-state index is 0. The minimum Gasteiger partial charge on any atom is -0.294 e. The maximum atomic E-state index is 11.5. The molecular weight excluding hydrogens is 251 g/mol. The molecule has 0 bridgehead atoms. The van der Waals surface area contributed by atoms with E-state index in [1.54, 1.807) is 11.8 Å². The van der Waals surface area contributed by atoms with E-state index in [0.29, 0.717) is 6.42 Å². The number of benzene rings is 2. The van der Waals surface area contributed by atoms with Gasteiger partial charge in [-0.05, 0) is 36.2 Å². The van der Waals surface area contributed by atoms with Crippen LogP contribution in [-0.2, 0) is 6.42 Å². The standard InChI is InChI=1S/C15H12OS.Na/c16-15-9-6-11-10-13(7-8-14(11)15)17-12-4-2-1-3-5-12;/h1-5,7-8,10H,6,9H2;. The van der Waals surface area contributed by atoms with Crippen LogP contribution in [0.4, 0.5) is 0 Å². The quantitative estimate of drug-likeness (QED) is 0.770. The van der Waals surface area contributed by atoms with Crippen molar-refractivity contribution >= 4 is 47.1 Å². The molecule has 85 valence electrons. The molecule has 2 aromatic carbocycles. The van der Waals surface area contributed by atoms with Gasteiger partial charge in [-0.1, -0.05) is 36.0 Å². The van der Waals surface area contributed by atoms with Crippen molar-refractivity contribution in [2.24, 2.45) is 0 Å². The molecule has 3 rings (SSSR count). The smallest absolute Gasteiger partial charge is 0.163 e. The normalized spacial score (nSPS) is 13.0. The third-order valence-electron chi connectivity index (χ3n) is 2.98. The Morgan fingerprint density at radius 1 is 0.889 bits per heavy atom. The summed E-state index contributed by atoms with van der Waals surface area (Å²) in [4.78, 5) is 14.0. The molecule has 0 unspecified atom stereocenters. The molecule has 0 aliphatic heterocycles. The zero-order valence-corrected chi connectivity index (χ0v) is 13.2. The molecule has 1 aliphatic carbocycles. The predicted molar refractivity (Wildman–Crippen MR) is 75.4 cm³/mol. The second-order valence-corrected chi connectivity index (χ2v) is 5.30. The second kappa shape index (κ2) is 6.07. The molecule has 0 atom stereocenters. The van der Waals surface area contributed by atoms with Gasteiger partial charge in [0.25, 0.3) is 0 Å². The van der Waals surface area contributed by atoms with Crippen LogP contribution in [0.1, 0.15) is 22.3 Å². The molecular formula is C15H12NaOS. The van der Waals surface area contributed by atoms with Gasteiger partial charge in [-0.25, -0.2) is 0 Å². The first-order valence-corrected chi connectivity index (χ1v) is 6.53. The molecule has 0 aromatic heterocycles. The van der Waals surface area contributed by atoms with Crippen LogP contribution in [0.25, 0.3) is 0 Å². The van der Waals surface area contributed by atoms with Gasteiger partial charge in [0.2, 0.25) is 0 Å². The monoisotopic (exact) mass is 263 g/mol. The van der Waals surface area contributed by atoms with E-state index in [9.17, 15) is 4.79 Å². The first kappa shape index (κ1) is 13.9. The van der Waals surface area contributed by atoms with E-state index < -0.39 is 0 Å². The average molecular weight is 263 g/mol. The van der Waals surface area contributed by atoms with Crippen molar-refractivity contribution in [2.75, 3.05) is 0 Å². The summed E-state index contributed by atoms with van der Waals surface area (Å²) in [6.07, 6.45) is 1.58. The molecule has 18 heavy (non-hydrogen) atoms. The van der Waals surface area contributed by atoms with Gasteiger partial charge in [-0.15, -0.1) is 0 Å². The van der Waals surface area contributed by atoms with Gasteiger partial charge in [0.15, 0.2) is 5.78 Å². The molecule has 2 aromatic rings. The first-order chi connectivity index (χ1) is 8.33. The van der Waals surface area contributed by atoms with Gasteiger partial charge in [0.05, 0.1) is 0 Å². The summed E-state index contributed by atoms with van der Waals surface area (Å²) in [6, 6.07) is 16.5. The zero-order valence-electron chi connectivity index (χ0n) is 10.3. The van der Waals surface area contributed by atoms with E-state index in [2.05, 4.69) is 18.2 Å². The van der Waals surface area contributed by atoms with Crippen molar-refractivity contribution in [1.82, 2.24) is 0 Å². The van der Waals surface area contributed by atoms with Crippen LogP contribution in [0, 0.1) is 0 Å². The molecule has 1 radical (unpaired) electrons. The summed E-state index contributed by atoms with van der Waals surface area (Å²) in [5, 5.41) is 0. The van der Waals surface area contributed by atoms with E-state index in [1.807, 2.05) is 30.3 Å². The fourth-order valence-electron chi connectivity index (χ4n) is 2.12. The van der Waals surface area contributed by atoms with Gasteiger partial charge in [-0.3, -0.25) is 4.79 Å². The Kier molecular flexibility index (Phi) is 4.68. The fourth-order valence-corrected chi connectivity index (χ4v) is 3.02. The number of carbonyl (C=O) groups excluding carboxylic acids is 1. The molecule has 0 fully saturated rings. The van der Waals surface area contributed by atoms with Gasteiger partial charge < -0.3 is 0 Å². The summed E-state index contributed by atoms with van der Waals surface area (Å²) >= 11 is 1.74. The molecule has 1 nitrogen and oxygen atoms in total. The number of hydrogen-bond acceptors (Lipinski definition) is 2. The molecule has 0 spiro atoms. The fraction of sp³-hybridized carbons (Fsp3) is 0.133. The van der Waals surface area contributed by atoms with E-state index in [0.717, 1.165) is 12.0 Å². The van der Waals surface area contributed by atoms with Gasteiger partial charge >= 0.3 is 0 Å². The summed E-state index contributed by atoms with van der Waals surface area (Å²) in [7, 11) is 0. The number of rotatable bonds is 2. The second-order valence-electron chi connectivity index (χ2n) is 4.16. The SMILES string of the molecule is O=C1CCc2cc(Sc3ccccc3)ccc21.[Na]. The zero-order chi connectivity index (χ0) is 11.7. The van der Waals surface area contributed by atoms with Gasteiger partial charge in [0.1, 0.15) is 0 Å². The molecule has 0 N–H and O–H groups in total. The van der Waals surface area contributed by atoms with Crippen molar-refractivity contribution in [1.29, 1.82) is 0 Å². The Morgan fingerprint density at radius 3 is 2.44 bits per heavy atom. The maximum Gasteiger partial charge on any atom is 0.163 e. The van der Waals surface area contributed by atoms with Crippen molar-refractivity contribution in [3.63, 3.8) is 0 Å². The Bertz CT molecular complexity index is 566. The van der Waals surface area contributed by atoms with Gasteiger partial charge in [0, 0.05) is 51.3 Å². The Balaban J connectivity index is 0.00000120. The minimum absolute atomic E-state index is 0. The van der Waals surface area contributed by atoms with Crippen LogP contribution in [0.5, 0.6) is 0 Å². The molecule has 0 amide bonds. The summed E-state index contributed by atoms with van der Waals surface area (Å²) in [6.45, 7) is 0. The van der Waals surface area contributed by atoms with E-state index in [-0.39, 0.29) is 35.3 Å². The summed E-state index contributed by atoms with van der Waals surface area (Å²) in [5.41, 5.74) is 2.12. The van der Waals surface area contributed by atoms with Crippen molar-refractivity contribution < 1.29 is 4.79 Å². The Morgan fingerprint density at radius 2 is 1.67 bits per heavy atom. The third kappa shape index (κ3) is 2.89. The van der Waals surface area contributed by atoms with Crippen molar-refractivity contribution in [3.05, 3.63) is 59.7 Å². The van der Waals surface area contributed by atoms with E-state index in [4.69, 9.17) is 0 Å². The third-order valence-corrected chi connectivity index (χ3v) is 3.97. The van der Waals surface area contributed by atoms with Crippen LogP contribution in [0.15, 0.2) is 58.3 Å². The maximum absolute atomic E-state index is 11.5. The van der Waals surface area contributed by atoms with Crippen molar-refractivity contribution in [3.8, 4) is 0 Å². The number of Topliss-reactive ketones (excluding diaryl/α,β-unsaturated/α-hetero) is 1. The number of aryl methyl sites for hydroxylation is 1. The molecule has 1 aliphatic rings. The largest absolute Gasteiger partial charge is 0.294 e. The van der Waals surface area contributed by atoms with Crippen LogP contribution in [-0.4, -0.2) is 35.3 Å². The summed E-state index contributed by atoms with van der Waals surface area (Å²) in [5.74, 6) is 0.288. The van der Waals surface area contributed by atoms with Crippen LogP contribution in [0.2, 0.25) is 0 Å². The van der Waals surface area contributed by atoms with Crippen LogP contribution >= 0.6 is 11.8 Å². The van der Waals surface area contributed by atoms with E-state index in [1.165, 1.54) is 15.4 Å². The Hall–Kier alpha value is -0.540. The molecule has 0 heterocycles. The number of hydrogen-bond donors (Lipinski definition) is 0. The van der Waals surface area contributed by atoms with E-state index >= 15 is 0 Å². The number of ketones is 1. The van der Waals surface area contributed by atoms with Crippen LogP contribution < -0.4 is 0 Å². The number of carbonyl (C=O) groups is 1. The summed E-state index contributed by atoms with van der Waals surface area (Å²) < 4.78 is 0.